The van der Waals surface area contributed by atoms with Gasteiger partial charge in [-0.1, -0.05) is 12.1 Å². The predicted octanol–water partition coefficient (Wildman–Crippen LogP) is 2.29. The lowest BCUT2D eigenvalue weighted by molar-refractivity contribution is -0.129. The first-order valence-electron chi connectivity index (χ1n) is 8.31. The van der Waals surface area contributed by atoms with E-state index in [1.54, 1.807) is 12.1 Å². The van der Waals surface area contributed by atoms with Crippen molar-refractivity contribution in [2.75, 3.05) is 32.8 Å². The van der Waals surface area contributed by atoms with Crippen LogP contribution in [0.3, 0.4) is 0 Å². The third-order valence-electron chi connectivity index (χ3n) is 4.79. The second-order valence-electron chi connectivity index (χ2n) is 7.19. The smallest absolute Gasteiger partial charge is 0.223 e. The molecule has 1 aromatic rings. The molecule has 2 aliphatic rings. The lowest BCUT2D eigenvalue weighted by Gasteiger charge is -2.32. The minimum Gasteiger partial charge on any atom is -0.379 e. The second-order valence-corrected chi connectivity index (χ2v) is 7.19. The van der Waals surface area contributed by atoms with E-state index in [1.165, 1.54) is 6.07 Å². The molecular formula is C18H25FN2O2. The molecule has 3 rings (SSSR count). The molecule has 0 saturated carbocycles. The molecule has 2 saturated heterocycles. The van der Waals surface area contributed by atoms with Crippen LogP contribution in [-0.4, -0.2) is 54.6 Å². The van der Waals surface area contributed by atoms with Crippen molar-refractivity contribution in [2.45, 2.75) is 32.9 Å². The fourth-order valence-corrected chi connectivity index (χ4v) is 3.71. The molecule has 1 spiro atoms. The molecule has 23 heavy (non-hydrogen) atoms. The third-order valence-corrected chi connectivity index (χ3v) is 4.79. The van der Waals surface area contributed by atoms with Gasteiger partial charge in [-0.05, 0) is 31.5 Å². The second kappa shape index (κ2) is 6.57. The van der Waals surface area contributed by atoms with Gasteiger partial charge in [-0.15, -0.1) is 0 Å². The summed E-state index contributed by atoms with van der Waals surface area (Å²) in [4.78, 5) is 16.6. The lowest BCUT2D eigenvalue weighted by atomic mass is 9.87. The van der Waals surface area contributed by atoms with Gasteiger partial charge in [0, 0.05) is 44.1 Å². The van der Waals surface area contributed by atoms with Crippen molar-refractivity contribution >= 4 is 5.91 Å². The quantitative estimate of drug-likeness (QED) is 0.857. The fourth-order valence-electron chi connectivity index (χ4n) is 3.71. The van der Waals surface area contributed by atoms with Crippen LogP contribution in [0.15, 0.2) is 24.3 Å². The molecule has 0 bridgehead atoms. The fraction of sp³-hybridized carbons (Fsp3) is 0.611. The number of carbonyl (C=O) groups is 1. The summed E-state index contributed by atoms with van der Waals surface area (Å²) in [6, 6.07) is 6.96. The van der Waals surface area contributed by atoms with Crippen molar-refractivity contribution in [1.82, 2.24) is 9.80 Å². The average Bonchev–Trinajstić information content (AvgIpc) is 2.68. The Morgan fingerprint density at radius 3 is 2.87 bits per heavy atom. The Balaban J connectivity index is 1.73. The Morgan fingerprint density at radius 1 is 1.35 bits per heavy atom. The summed E-state index contributed by atoms with van der Waals surface area (Å²) in [6.45, 7) is 8.47. The van der Waals surface area contributed by atoms with Gasteiger partial charge < -0.3 is 9.64 Å². The highest BCUT2D eigenvalue weighted by atomic mass is 19.1. The van der Waals surface area contributed by atoms with E-state index in [9.17, 15) is 9.18 Å². The van der Waals surface area contributed by atoms with Crippen LogP contribution in [-0.2, 0) is 16.1 Å². The van der Waals surface area contributed by atoms with E-state index in [4.69, 9.17) is 4.74 Å². The van der Waals surface area contributed by atoms with Crippen LogP contribution in [0.2, 0.25) is 0 Å². The Bertz CT molecular complexity index is 578. The number of hydrogen-bond donors (Lipinski definition) is 0. The maximum atomic E-state index is 13.4. The van der Waals surface area contributed by atoms with Crippen LogP contribution in [0.25, 0.3) is 0 Å². The summed E-state index contributed by atoms with van der Waals surface area (Å²) in [5.41, 5.74) is 0.831. The first kappa shape index (κ1) is 16.4. The highest BCUT2D eigenvalue weighted by molar-refractivity contribution is 5.79. The molecular weight excluding hydrogens is 295 g/mol. The maximum absolute atomic E-state index is 13.4. The van der Waals surface area contributed by atoms with E-state index in [0.29, 0.717) is 26.2 Å². The number of benzene rings is 1. The van der Waals surface area contributed by atoms with Crippen molar-refractivity contribution in [2.24, 2.45) is 5.41 Å². The average molecular weight is 320 g/mol. The van der Waals surface area contributed by atoms with Gasteiger partial charge >= 0.3 is 0 Å². The van der Waals surface area contributed by atoms with Gasteiger partial charge in [-0.25, -0.2) is 4.39 Å². The molecule has 126 valence electrons. The summed E-state index contributed by atoms with van der Waals surface area (Å²) in [7, 11) is 0. The molecule has 1 atom stereocenters. The molecule has 0 aromatic heterocycles. The molecule has 1 aromatic carbocycles. The molecule has 0 unspecified atom stereocenters. The van der Waals surface area contributed by atoms with Crippen LogP contribution < -0.4 is 0 Å². The summed E-state index contributed by atoms with van der Waals surface area (Å²) in [5.74, 6) is 0.0153. The van der Waals surface area contributed by atoms with E-state index in [2.05, 4.69) is 18.7 Å². The normalized spacial score (nSPS) is 26.3. The summed E-state index contributed by atoms with van der Waals surface area (Å²) in [5, 5.41) is 0. The highest BCUT2D eigenvalue weighted by Gasteiger charge is 2.46. The molecule has 2 heterocycles. The van der Waals surface area contributed by atoms with Gasteiger partial charge in [-0.3, -0.25) is 9.69 Å². The van der Waals surface area contributed by atoms with E-state index in [1.807, 2.05) is 11.0 Å². The van der Waals surface area contributed by atoms with Crippen molar-refractivity contribution < 1.29 is 13.9 Å². The minimum atomic E-state index is -0.203. The molecule has 2 fully saturated rings. The van der Waals surface area contributed by atoms with E-state index in [0.717, 1.165) is 25.2 Å². The molecule has 0 radical (unpaired) electrons. The number of halogens is 1. The largest absolute Gasteiger partial charge is 0.379 e. The van der Waals surface area contributed by atoms with E-state index >= 15 is 0 Å². The zero-order valence-electron chi connectivity index (χ0n) is 13.9. The van der Waals surface area contributed by atoms with Crippen molar-refractivity contribution in [3.05, 3.63) is 35.6 Å². The number of carbonyl (C=O) groups excluding carboxylic acids is 1. The topological polar surface area (TPSA) is 32.8 Å². The Morgan fingerprint density at radius 2 is 2.17 bits per heavy atom. The van der Waals surface area contributed by atoms with E-state index in [-0.39, 0.29) is 23.2 Å². The van der Waals surface area contributed by atoms with Gasteiger partial charge in [0.1, 0.15) is 5.82 Å². The maximum Gasteiger partial charge on any atom is 0.223 e. The zero-order chi connectivity index (χ0) is 16.4. The Labute approximate surface area is 137 Å². The SMILES string of the molecule is CC(C)N1C[C@]2(COCCN(Cc3cccc(F)c3)C2)CC1=O. The first-order chi connectivity index (χ1) is 11.0. The standard InChI is InChI=1S/C18H25FN2O2/c1-14(2)21-12-18(9-17(21)22)11-20(6-7-23-13-18)10-15-4-3-5-16(19)8-15/h3-5,8,14H,6-7,9-13H2,1-2H3/t18-/m0/s1. The van der Waals surface area contributed by atoms with Gasteiger partial charge in [0.15, 0.2) is 0 Å². The Kier molecular flexibility index (Phi) is 4.69. The van der Waals surface area contributed by atoms with Gasteiger partial charge in [0.25, 0.3) is 0 Å². The molecule has 4 nitrogen and oxygen atoms in total. The number of nitrogens with zero attached hydrogens (tertiary/aromatic N) is 2. The molecule has 2 aliphatic heterocycles. The van der Waals surface area contributed by atoms with Crippen LogP contribution >= 0.6 is 0 Å². The number of rotatable bonds is 3. The lowest BCUT2D eigenvalue weighted by Crippen LogP contribution is -2.41. The Hall–Kier alpha value is -1.46. The number of ether oxygens (including phenoxy) is 1. The van der Waals surface area contributed by atoms with Crippen molar-refractivity contribution in [1.29, 1.82) is 0 Å². The molecule has 0 N–H and O–H groups in total. The summed E-state index contributed by atoms with van der Waals surface area (Å²) < 4.78 is 19.2. The zero-order valence-corrected chi connectivity index (χ0v) is 13.9. The number of amides is 1. The summed E-state index contributed by atoms with van der Waals surface area (Å²) >= 11 is 0. The van der Waals surface area contributed by atoms with Gasteiger partial charge in [0.05, 0.1) is 13.2 Å². The monoisotopic (exact) mass is 320 g/mol. The van der Waals surface area contributed by atoms with Crippen molar-refractivity contribution in [3.8, 4) is 0 Å². The minimum absolute atomic E-state index is 0.134. The van der Waals surface area contributed by atoms with Crippen LogP contribution in [0.5, 0.6) is 0 Å². The first-order valence-corrected chi connectivity index (χ1v) is 8.31. The van der Waals surface area contributed by atoms with Crippen molar-refractivity contribution in [3.63, 3.8) is 0 Å². The van der Waals surface area contributed by atoms with Gasteiger partial charge in [-0.2, -0.15) is 0 Å². The van der Waals surface area contributed by atoms with Crippen LogP contribution in [0, 0.1) is 11.2 Å². The molecule has 1 amide bonds. The molecule has 0 aliphatic carbocycles. The van der Waals surface area contributed by atoms with Gasteiger partial charge in [0.2, 0.25) is 5.91 Å². The number of hydrogen-bond acceptors (Lipinski definition) is 3. The van der Waals surface area contributed by atoms with Crippen LogP contribution in [0.1, 0.15) is 25.8 Å². The molecule has 5 heteroatoms. The predicted molar refractivity (Wildman–Crippen MR) is 86.4 cm³/mol. The highest BCUT2D eigenvalue weighted by Crippen LogP contribution is 2.35. The van der Waals surface area contributed by atoms with Crippen LogP contribution in [0.4, 0.5) is 4.39 Å². The number of likely N-dealkylation sites (tertiary alicyclic amines) is 1. The summed E-state index contributed by atoms with van der Waals surface area (Å²) in [6.07, 6.45) is 0.546. The van der Waals surface area contributed by atoms with E-state index < -0.39 is 0 Å². The third kappa shape index (κ3) is 3.72.